The first-order chi connectivity index (χ1) is 15.9. The number of aryl methyl sites for hydroxylation is 2. The van der Waals surface area contributed by atoms with Crippen LogP contribution in [-0.2, 0) is 0 Å². The van der Waals surface area contributed by atoms with Crippen molar-refractivity contribution in [2.45, 2.75) is 40.0 Å². The number of aromatic nitrogens is 4. The average molecular weight is 447 g/mol. The van der Waals surface area contributed by atoms with Gasteiger partial charge < -0.3 is 9.80 Å². The zero-order valence-electron chi connectivity index (χ0n) is 19.7. The molecule has 0 radical (unpaired) electrons. The van der Waals surface area contributed by atoms with Gasteiger partial charge in [-0.1, -0.05) is 6.07 Å². The van der Waals surface area contributed by atoms with Gasteiger partial charge in [0.15, 0.2) is 0 Å². The molecular formula is C25H30N6O2. The molecule has 2 aromatic heterocycles. The minimum Gasteiger partial charge on any atom is -0.339 e. The van der Waals surface area contributed by atoms with Crippen LogP contribution in [0.15, 0.2) is 42.9 Å². The highest BCUT2D eigenvalue weighted by Crippen LogP contribution is 2.27. The maximum absolute atomic E-state index is 13.2. The third-order valence-corrected chi connectivity index (χ3v) is 6.33. The highest BCUT2D eigenvalue weighted by atomic mass is 16.2. The minimum absolute atomic E-state index is 0.00374. The molecule has 1 aliphatic rings. The molecule has 1 saturated heterocycles. The summed E-state index contributed by atoms with van der Waals surface area (Å²) in [7, 11) is 0. The van der Waals surface area contributed by atoms with E-state index in [1.807, 2.05) is 63.1 Å². The van der Waals surface area contributed by atoms with Crippen molar-refractivity contribution in [1.29, 1.82) is 0 Å². The predicted octanol–water partition coefficient (Wildman–Crippen LogP) is 3.39. The number of carbonyl (C=O) groups excluding carboxylic acids is 2. The standard InChI is InChI=1S/C25H30N6O2/c1-5-29(6-2)25(33)21-15-26-23(28-18(21)4)20-10-13-30(16-20)24(32)19-9-8-17(3)22(14-19)31-12-7-11-27-31/h7-9,11-12,14-15,20H,5-6,10,13,16H2,1-4H3. The first kappa shape index (κ1) is 22.6. The molecule has 1 aliphatic heterocycles. The highest BCUT2D eigenvalue weighted by Gasteiger charge is 2.30. The quantitative estimate of drug-likeness (QED) is 0.580. The molecule has 4 rings (SSSR count). The van der Waals surface area contributed by atoms with Gasteiger partial charge in [-0.2, -0.15) is 5.10 Å². The number of carbonyl (C=O) groups is 2. The van der Waals surface area contributed by atoms with E-state index >= 15 is 0 Å². The molecule has 172 valence electrons. The molecule has 0 N–H and O–H groups in total. The number of benzene rings is 1. The summed E-state index contributed by atoms with van der Waals surface area (Å²) < 4.78 is 1.77. The number of hydrogen-bond donors (Lipinski definition) is 0. The summed E-state index contributed by atoms with van der Waals surface area (Å²) in [4.78, 5) is 38.7. The Labute approximate surface area is 194 Å². The molecule has 0 saturated carbocycles. The zero-order valence-corrected chi connectivity index (χ0v) is 19.7. The number of likely N-dealkylation sites (tertiary alicyclic amines) is 1. The molecule has 0 aliphatic carbocycles. The molecule has 0 bridgehead atoms. The summed E-state index contributed by atoms with van der Waals surface area (Å²) >= 11 is 0. The summed E-state index contributed by atoms with van der Waals surface area (Å²) in [6, 6.07) is 7.58. The molecule has 1 atom stereocenters. The predicted molar refractivity (Wildman–Crippen MR) is 126 cm³/mol. The van der Waals surface area contributed by atoms with E-state index in [-0.39, 0.29) is 17.7 Å². The molecule has 8 nitrogen and oxygen atoms in total. The molecule has 1 fully saturated rings. The van der Waals surface area contributed by atoms with Crippen LogP contribution in [-0.4, -0.2) is 67.5 Å². The van der Waals surface area contributed by atoms with Crippen LogP contribution < -0.4 is 0 Å². The third-order valence-electron chi connectivity index (χ3n) is 6.33. The fourth-order valence-corrected chi connectivity index (χ4v) is 4.31. The Morgan fingerprint density at radius 3 is 2.64 bits per heavy atom. The average Bonchev–Trinajstić information content (AvgIpc) is 3.52. The van der Waals surface area contributed by atoms with Crippen LogP contribution in [0.3, 0.4) is 0 Å². The zero-order chi connectivity index (χ0) is 23.5. The fraction of sp³-hybridized carbons (Fsp3) is 0.400. The van der Waals surface area contributed by atoms with Crippen LogP contribution in [0.4, 0.5) is 0 Å². The topological polar surface area (TPSA) is 84.2 Å². The Morgan fingerprint density at radius 1 is 1.18 bits per heavy atom. The molecule has 1 aromatic carbocycles. The number of hydrogen-bond acceptors (Lipinski definition) is 5. The number of nitrogens with zero attached hydrogens (tertiary/aromatic N) is 6. The van der Waals surface area contributed by atoms with Gasteiger partial charge in [-0.3, -0.25) is 9.59 Å². The van der Waals surface area contributed by atoms with Crippen molar-refractivity contribution in [3.8, 4) is 5.69 Å². The number of amides is 2. The largest absolute Gasteiger partial charge is 0.339 e. The van der Waals surface area contributed by atoms with Crippen LogP contribution in [0, 0.1) is 13.8 Å². The van der Waals surface area contributed by atoms with Crippen molar-refractivity contribution >= 4 is 11.8 Å². The Balaban J connectivity index is 1.49. The lowest BCUT2D eigenvalue weighted by molar-refractivity contribution is 0.0769. The molecule has 1 unspecified atom stereocenters. The van der Waals surface area contributed by atoms with Crippen LogP contribution in [0.25, 0.3) is 5.69 Å². The van der Waals surface area contributed by atoms with Gasteiger partial charge in [0.05, 0.1) is 16.9 Å². The van der Waals surface area contributed by atoms with Gasteiger partial charge in [0, 0.05) is 56.3 Å². The van der Waals surface area contributed by atoms with Gasteiger partial charge >= 0.3 is 0 Å². The first-order valence-electron chi connectivity index (χ1n) is 11.5. The van der Waals surface area contributed by atoms with Gasteiger partial charge in [-0.25, -0.2) is 14.6 Å². The molecule has 8 heteroatoms. The van der Waals surface area contributed by atoms with E-state index < -0.39 is 0 Å². The molecule has 0 spiro atoms. The van der Waals surface area contributed by atoms with Gasteiger partial charge in [0.2, 0.25) is 0 Å². The van der Waals surface area contributed by atoms with E-state index in [4.69, 9.17) is 0 Å². The lowest BCUT2D eigenvalue weighted by Gasteiger charge is -2.20. The summed E-state index contributed by atoms with van der Waals surface area (Å²) in [5.41, 5.74) is 3.82. The Kier molecular flexibility index (Phi) is 6.53. The third kappa shape index (κ3) is 4.51. The second-order valence-electron chi connectivity index (χ2n) is 8.39. The summed E-state index contributed by atoms with van der Waals surface area (Å²) in [5.74, 6) is 0.705. The van der Waals surface area contributed by atoms with Crippen molar-refractivity contribution in [3.63, 3.8) is 0 Å². The minimum atomic E-state index is -0.0420. The van der Waals surface area contributed by atoms with E-state index in [9.17, 15) is 9.59 Å². The van der Waals surface area contributed by atoms with E-state index in [0.717, 1.165) is 17.7 Å². The van der Waals surface area contributed by atoms with Gasteiger partial charge in [-0.05, 0) is 57.9 Å². The van der Waals surface area contributed by atoms with Gasteiger partial charge in [-0.15, -0.1) is 0 Å². The molecule has 3 heterocycles. The SMILES string of the molecule is CCN(CC)C(=O)c1cnc(C2CCN(C(=O)c3ccc(C)c(-n4cccn4)c3)C2)nc1C. The van der Waals surface area contributed by atoms with Crippen LogP contribution in [0.1, 0.15) is 64.0 Å². The maximum Gasteiger partial charge on any atom is 0.257 e. The van der Waals surface area contributed by atoms with E-state index in [0.29, 0.717) is 48.8 Å². The second kappa shape index (κ2) is 9.52. The van der Waals surface area contributed by atoms with Gasteiger partial charge in [0.1, 0.15) is 5.82 Å². The van der Waals surface area contributed by atoms with Crippen molar-refractivity contribution in [2.75, 3.05) is 26.2 Å². The summed E-state index contributed by atoms with van der Waals surface area (Å²) in [6.45, 7) is 10.3. The van der Waals surface area contributed by atoms with E-state index in [1.54, 1.807) is 22.0 Å². The Morgan fingerprint density at radius 2 is 1.97 bits per heavy atom. The summed E-state index contributed by atoms with van der Waals surface area (Å²) in [5, 5.41) is 4.29. The lowest BCUT2D eigenvalue weighted by atomic mass is 10.1. The van der Waals surface area contributed by atoms with Crippen molar-refractivity contribution in [3.05, 3.63) is 71.1 Å². The normalized spacial score (nSPS) is 15.6. The van der Waals surface area contributed by atoms with Crippen LogP contribution in [0.5, 0.6) is 0 Å². The highest BCUT2D eigenvalue weighted by molar-refractivity contribution is 5.95. The smallest absolute Gasteiger partial charge is 0.257 e. The molecule has 3 aromatic rings. The second-order valence-corrected chi connectivity index (χ2v) is 8.39. The Hall–Kier alpha value is -3.55. The van der Waals surface area contributed by atoms with E-state index in [1.165, 1.54) is 0 Å². The van der Waals surface area contributed by atoms with Crippen LogP contribution >= 0.6 is 0 Å². The monoisotopic (exact) mass is 446 g/mol. The Bertz CT molecular complexity index is 1150. The number of rotatable bonds is 6. The molecule has 2 amide bonds. The van der Waals surface area contributed by atoms with Crippen molar-refractivity contribution in [2.24, 2.45) is 0 Å². The maximum atomic E-state index is 13.2. The molecule has 33 heavy (non-hydrogen) atoms. The molecular weight excluding hydrogens is 416 g/mol. The van der Waals surface area contributed by atoms with Crippen molar-refractivity contribution < 1.29 is 9.59 Å². The summed E-state index contributed by atoms with van der Waals surface area (Å²) in [6.07, 6.45) is 6.03. The van der Waals surface area contributed by atoms with Crippen molar-refractivity contribution in [1.82, 2.24) is 29.5 Å². The lowest BCUT2D eigenvalue weighted by Crippen LogP contribution is -2.31. The first-order valence-corrected chi connectivity index (χ1v) is 11.5. The van der Waals surface area contributed by atoms with Gasteiger partial charge in [0.25, 0.3) is 11.8 Å². The van der Waals surface area contributed by atoms with E-state index in [2.05, 4.69) is 15.1 Å². The van der Waals surface area contributed by atoms with Crippen LogP contribution in [0.2, 0.25) is 0 Å². The fourth-order valence-electron chi connectivity index (χ4n) is 4.31.